The third-order valence-electron chi connectivity index (χ3n) is 3.36. The Bertz CT molecular complexity index is 696. The zero-order valence-corrected chi connectivity index (χ0v) is 12.4. The molecule has 0 unspecified atom stereocenters. The third kappa shape index (κ3) is 5.47. The Hall–Kier alpha value is -2.82. The SMILES string of the molecule is O=C(C[C@H](/C=C/c1ccccc1)C[N+](=O)[O-])c1ccc(F)cc1. The van der Waals surface area contributed by atoms with E-state index < -0.39 is 16.7 Å². The van der Waals surface area contributed by atoms with Gasteiger partial charge in [-0.2, -0.15) is 0 Å². The Kier molecular flexibility index (Phi) is 5.74. The van der Waals surface area contributed by atoms with Crippen molar-refractivity contribution in [3.63, 3.8) is 0 Å². The highest BCUT2D eigenvalue weighted by Gasteiger charge is 2.18. The lowest BCUT2D eigenvalue weighted by atomic mass is 9.97. The van der Waals surface area contributed by atoms with E-state index in [2.05, 4.69) is 0 Å². The van der Waals surface area contributed by atoms with E-state index in [-0.39, 0.29) is 18.7 Å². The highest BCUT2D eigenvalue weighted by molar-refractivity contribution is 5.96. The Balaban J connectivity index is 2.09. The molecular weight excluding hydrogens is 297 g/mol. The Morgan fingerprint density at radius 3 is 2.39 bits per heavy atom. The molecular formula is C18H16FNO3. The summed E-state index contributed by atoms with van der Waals surface area (Å²) in [5.41, 5.74) is 1.27. The third-order valence-corrected chi connectivity index (χ3v) is 3.36. The summed E-state index contributed by atoms with van der Waals surface area (Å²) in [5, 5.41) is 10.8. The van der Waals surface area contributed by atoms with E-state index in [1.807, 2.05) is 30.3 Å². The van der Waals surface area contributed by atoms with Crippen molar-refractivity contribution in [3.05, 3.63) is 87.7 Å². The zero-order chi connectivity index (χ0) is 16.7. The molecule has 1 atom stereocenters. The normalized spacial score (nSPS) is 12.2. The van der Waals surface area contributed by atoms with Crippen molar-refractivity contribution in [3.8, 4) is 0 Å². The van der Waals surface area contributed by atoms with Crippen molar-refractivity contribution >= 4 is 11.9 Å². The Morgan fingerprint density at radius 2 is 1.78 bits per heavy atom. The van der Waals surface area contributed by atoms with Crippen molar-refractivity contribution in [1.82, 2.24) is 0 Å². The molecule has 0 saturated carbocycles. The van der Waals surface area contributed by atoms with Gasteiger partial charge in [0.2, 0.25) is 6.54 Å². The van der Waals surface area contributed by atoms with Gasteiger partial charge in [0, 0.05) is 22.8 Å². The van der Waals surface area contributed by atoms with E-state index in [4.69, 9.17) is 0 Å². The van der Waals surface area contributed by atoms with Crippen LogP contribution in [0.4, 0.5) is 4.39 Å². The van der Waals surface area contributed by atoms with Crippen LogP contribution < -0.4 is 0 Å². The number of ketones is 1. The second kappa shape index (κ2) is 7.98. The van der Waals surface area contributed by atoms with E-state index in [1.54, 1.807) is 12.2 Å². The monoisotopic (exact) mass is 313 g/mol. The van der Waals surface area contributed by atoms with E-state index in [9.17, 15) is 19.3 Å². The van der Waals surface area contributed by atoms with Gasteiger partial charge in [-0.3, -0.25) is 14.9 Å². The second-order valence-electron chi connectivity index (χ2n) is 5.18. The summed E-state index contributed by atoms with van der Waals surface area (Å²) in [5.74, 6) is -1.18. The highest BCUT2D eigenvalue weighted by Crippen LogP contribution is 2.15. The van der Waals surface area contributed by atoms with Crippen LogP contribution in [0.15, 0.2) is 60.7 Å². The van der Waals surface area contributed by atoms with Crippen LogP contribution in [0.25, 0.3) is 6.08 Å². The second-order valence-corrected chi connectivity index (χ2v) is 5.18. The van der Waals surface area contributed by atoms with Crippen LogP contribution in [-0.2, 0) is 0 Å². The minimum Gasteiger partial charge on any atom is -0.294 e. The number of hydrogen-bond donors (Lipinski definition) is 0. The molecule has 0 saturated heterocycles. The molecule has 0 spiro atoms. The van der Waals surface area contributed by atoms with Crippen molar-refractivity contribution in [1.29, 1.82) is 0 Å². The van der Waals surface area contributed by atoms with Gasteiger partial charge >= 0.3 is 0 Å². The Morgan fingerprint density at radius 1 is 1.13 bits per heavy atom. The molecule has 0 bridgehead atoms. The van der Waals surface area contributed by atoms with E-state index in [1.165, 1.54) is 24.3 Å². The standard InChI is InChI=1S/C18H16FNO3/c19-17-10-8-16(9-11-17)18(21)12-15(13-20(22)23)7-6-14-4-2-1-3-5-14/h1-11,15H,12-13H2/b7-6+/t15-/m0/s1. The summed E-state index contributed by atoms with van der Waals surface area (Å²) in [6.45, 7) is -0.323. The number of rotatable bonds is 7. The minimum atomic E-state index is -0.511. The highest BCUT2D eigenvalue weighted by atomic mass is 19.1. The molecule has 5 heteroatoms. The number of carbonyl (C=O) groups excluding carboxylic acids is 1. The maximum atomic E-state index is 12.9. The summed E-state index contributed by atoms with van der Waals surface area (Å²) in [7, 11) is 0. The van der Waals surface area contributed by atoms with E-state index in [0.717, 1.165) is 5.56 Å². The molecule has 0 amide bonds. The van der Waals surface area contributed by atoms with Crippen molar-refractivity contribution in [2.24, 2.45) is 5.92 Å². The van der Waals surface area contributed by atoms with Gasteiger partial charge in [-0.25, -0.2) is 4.39 Å². The molecule has 2 rings (SSSR count). The molecule has 0 radical (unpaired) electrons. The first-order valence-corrected chi connectivity index (χ1v) is 7.18. The lowest BCUT2D eigenvalue weighted by Crippen LogP contribution is -2.16. The molecule has 0 fully saturated rings. The largest absolute Gasteiger partial charge is 0.294 e. The molecule has 118 valence electrons. The molecule has 0 aliphatic rings. The molecule has 0 N–H and O–H groups in total. The number of nitro groups is 1. The van der Waals surface area contributed by atoms with Crippen LogP contribution in [0, 0.1) is 21.8 Å². The van der Waals surface area contributed by atoms with E-state index in [0.29, 0.717) is 5.56 Å². The molecule has 2 aromatic rings. The van der Waals surface area contributed by atoms with Gasteiger partial charge in [-0.05, 0) is 29.8 Å². The summed E-state index contributed by atoms with van der Waals surface area (Å²) in [4.78, 5) is 22.5. The predicted molar refractivity (Wildman–Crippen MR) is 86.2 cm³/mol. The number of benzene rings is 2. The smallest absolute Gasteiger partial charge is 0.210 e. The van der Waals surface area contributed by atoms with Crippen LogP contribution in [0.5, 0.6) is 0 Å². The molecule has 0 aromatic heterocycles. The van der Waals surface area contributed by atoms with Crippen LogP contribution in [-0.4, -0.2) is 17.3 Å². The molecule has 0 aliphatic heterocycles. The van der Waals surface area contributed by atoms with Gasteiger partial charge in [0.05, 0.1) is 0 Å². The maximum absolute atomic E-state index is 12.9. The van der Waals surface area contributed by atoms with Crippen LogP contribution in [0.2, 0.25) is 0 Å². The summed E-state index contributed by atoms with van der Waals surface area (Å²) in [6, 6.07) is 14.6. The van der Waals surface area contributed by atoms with Gasteiger partial charge < -0.3 is 0 Å². The van der Waals surface area contributed by atoms with Crippen molar-refractivity contribution in [2.75, 3.05) is 6.54 Å². The van der Waals surface area contributed by atoms with Gasteiger partial charge in [0.1, 0.15) is 5.82 Å². The summed E-state index contributed by atoms with van der Waals surface area (Å²) in [6.07, 6.45) is 3.46. The first-order valence-electron chi connectivity index (χ1n) is 7.18. The predicted octanol–water partition coefficient (Wildman–Crippen LogP) is 4.00. The quantitative estimate of drug-likeness (QED) is 0.441. The Labute approximate surface area is 133 Å². The lowest BCUT2D eigenvalue weighted by Gasteiger charge is -2.08. The summed E-state index contributed by atoms with van der Waals surface area (Å²) >= 11 is 0. The van der Waals surface area contributed by atoms with Crippen molar-refractivity contribution in [2.45, 2.75) is 6.42 Å². The molecule has 2 aromatic carbocycles. The van der Waals surface area contributed by atoms with Crippen molar-refractivity contribution < 1.29 is 14.1 Å². The maximum Gasteiger partial charge on any atom is 0.210 e. The molecule has 0 aliphatic carbocycles. The van der Waals surface area contributed by atoms with Crippen LogP contribution >= 0.6 is 0 Å². The number of nitrogens with zero attached hydrogens (tertiary/aromatic N) is 1. The van der Waals surface area contributed by atoms with Gasteiger partial charge in [-0.15, -0.1) is 0 Å². The number of Topliss-reactive ketones (excluding diaryl/α,β-unsaturated/α-hetero) is 1. The number of halogens is 1. The van der Waals surface area contributed by atoms with Crippen LogP contribution in [0.3, 0.4) is 0 Å². The first kappa shape index (κ1) is 16.5. The molecule has 0 heterocycles. The topological polar surface area (TPSA) is 60.2 Å². The number of carbonyl (C=O) groups is 1. The van der Waals surface area contributed by atoms with Gasteiger partial charge in [-0.1, -0.05) is 42.5 Å². The average molecular weight is 313 g/mol. The van der Waals surface area contributed by atoms with Gasteiger partial charge in [0.25, 0.3) is 0 Å². The minimum absolute atomic E-state index is 0.00987. The van der Waals surface area contributed by atoms with Crippen LogP contribution in [0.1, 0.15) is 22.3 Å². The van der Waals surface area contributed by atoms with E-state index >= 15 is 0 Å². The zero-order valence-electron chi connectivity index (χ0n) is 12.4. The average Bonchev–Trinajstić information content (AvgIpc) is 2.53. The number of hydrogen-bond acceptors (Lipinski definition) is 3. The lowest BCUT2D eigenvalue weighted by molar-refractivity contribution is -0.485. The summed E-state index contributed by atoms with van der Waals surface area (Å²) < 4.78 is 12.9. The fourth-order valence-electron chi connectivity index (χ4n) is 2.19. The van der Waals surface area contributed by atoms with Gasteiger partial charge in [0.15, 0.2) is 5.78 Å². The fourth-order valence-corrected chi connectivity index (χ4v) is 2.19. The first-order chi connectivity index (χ1) is 11.0. The fraction of sp³-hybridized carbons (Fsp3) is 0.167. The molecule has 4 nitrogen and oxygen atoms in total. The molecule has 23 heavy (non-hydrogen) atoms.